The zero-order chi connectivity index (χ0) is 17.8. The number of rotatable bonds is 4. The average molecular weight is 351 g/mol. The van der Waals surface area contributed by atoms with Gasteiger partial charge in [-0.25, -0.2) is 0 Å². The van der Waals surface area contributed by atoms with Crippen LogP contribution in [0, 0.1) is 11.3 Å². The van der Waals surface area contributed by atoms with Gasteiger partial charge in [-0.3, -0.25) is 14.7 Å². The van der Waals surface area contributed by atoms with Gasteiger partial charge in [-0.05, 0) is 62.0 Å². The highest BCUT2D eigenvalue weighted by molar-refractivity contribution is 8.18. The third kappa shape index (κ3) is 3.52. The van der Waals surface area contributed by atoms with E-state index in [1.807, 2.05) is 38.1 Å². The summed E-state index contributed by atoms with van der Waals surface area (Å²) in [5.41, 5.74) is 1.49. The van der Waals surface area contributed by atoms with Crippen molar-refractivity contribution in [1.29, 1.82) is 5.26 Å². The number of furan rings is 1. The molecule has 0 unspecified atom stereocenters. The number of benzene rings is 1. The normalized spacial score (nSPS) is 17.5. The fourth-order valence-electron chi connectivity index (χ4n) is 2.46. The number of nitrogens with zero attached hydrogens (tertiary/aromatic N) is 3. The molecule has 126 valence electrons. The van der Waals surface area contributed by atoms with Crippen LogP contribution in [0.5, 0.6) is 0 Å². The maximum absolute atomic E-state index is 12.5. The molecule has 1 saturated heterocycles. The molecule has 5 nitrogen and oxygen atoms in total. The van der Waals surface area contributed by atoms with Crippen molar-refractivity contribution in [2.45, 2.75) is 13.8 Å². The highest BCUT2D eigenvalue weighted by atomic mass is 32.2. The quantitative estimate of drug-likeness (QED) is 0.777. The highest BCUT2D eigenvalue weighted by Crippen LogP contribution is 2.33. The second-order valence-electron chi connectivity index (χ2n) is 5.31. The molecular weight excluding hydrogens is 334 g/mol. The summed E-state index contributed by atoms with van der Waals surface area (Å²) >= 11 is 1.37. The predicted octanol–water partition coefficient (Wildman–Crippen LogP) is 4.13. The predicted molar refractivity (Wildman–Crippen MR) is 99.8 cm³/mol. The van der Waals surface area contributed by atoms with Gasteiger partial charge in [0.25, 0.3) is 5.91 Å². The summed E-state index contributed by atoms with van der Waals surface area (Å²) in [5.74, 6) is 1.27. The Labute approximate surface area is 150 Å². The van der Waals surface area contributed by atoms with Crippen LogP contribution in [0.25, 0.3) is 17.4 Å². The van der Waals surface area contributed by atoms with Crippen molar-refractivity contribution in [2.24, 2.45) is 4.99 Å². The molecule has 0 spiro atoms. The van der Waals surface area contributed by atoms with Gasteiger partial charge in [0.1, 0.15) is 11.5 Å². The fraction of sp³-hybridized carbons (Fsp3) is 0.211. The topological polar surface area (TPSA) is 69.6 Å². The molecule has 0 N–H and O–H groups in total. The van der Waals surface area contributed by atoms with Gasteiger partial charge in [-0.1, -0.05) is 0 Å². The number of nitriles is 1. The number of carbonyl (C=O) groups is 1. The summed E-state index contributed by atoms with van der Waals surface area (Å²) in [6.07, 6.45) is 1.75. The third-order valence-corrected chi connectivity index (χ3v) is 4.74. The summed E-state index contributed by atoms with van der Waals surface area (Å²) < 4.78 is 5.83. The molecule has 1 aliphatic rings. The molecular formula is C19H17N3O2S. The van der Waals surface area contributed by atoms with Crippen LogP contribution in [0.4, 0.5) is 0 Å². The minimum absolute atomic E-state index is 0.0453. The average Bonchev–Trinajstić information content (AvgIpc) is 3.21. The fourth-order valence-corrected chi connectivity index (χ4v) is 3.55. The molecule has 25 heavy (non-hydrogen) atoms. The lowest BCUT2D eigenvalue weighted by Gasteiger charge is -2.11. The third-order valence-electron chi connectivity index (χ3n) is 3.70. The first-order valence-electron chi connectivity index (χ1n) is 8.02. The smallest absolute Gasteiger partial charge is 0.266 e. The monoisotopic (exact) mass is 351 g/mol. The van der Waals surface area contributed by atoms with Crippen molar-refractivity contribution in [3.8, 4) is 17.4 Å². The molecule has 1 aromatic heterocycles. The molecule has 1 fully saturated rings. The van der Waals surface area contributed by atoms with E-state index < -0.39 is 0 Å². The first-order valence-corrected chi connectivity index (χ1v) is 8.84. The van der Waals surface area contributed by atoms with Gasteiger partial charge in [0.2, 0.25) is 0 Å². The van der Waals surface area contributed by atoms with Crippen LogP contribution in [0.15, 0.2) is 50.7 Å². The van der Waals surface area contributed by atoms with Gasteiger partial charge in [0, 0.05) is 24.7 Å². The second-order valence-corrected chi connectivity index (χ2v) is 6.32. The van der Waals surface area contributed by atoms with Gasteiger partial charge in [0.05, 0.1) is 16.5 Å². The minimum atomic E-state index is -0.0453. The van der Waals surface area contributed by atoms with Crippen molar-refractivity contribution < 1.29 is 9.21 Å². The zero-order valence-electron chi connectivity index (χ0n) is 14.0. The van der Waals surface area contributed by atoms with Crippen LogP contribution < -0.4 is 0 Å². The number of thioether (sulfide) groups is 1. The van der Waals surface area contributed by atoms with Crippen molar-refractivity contribution >= 4 is 28.9 Å². The molecule has 6 heteroatoms. The van der Waals surface area contributed by atoms with E-state index in [9.17, 15) is 4.79 Å². The van der Waals surface area contributed by atoms with E-state index in [4.69, 9.17) is 9.68 Å². The highest BCUT2D eigenvalue weighted by Gasteiger charge is 2.32. The summed E-state index contributed by atoms with van der Waals surface area (Å²) in [7, 11) is 0. The molecule has 0 aliphatic carbocycles. The number of amidine groups is 1. The molecule has 0 saturated carbocycles. The summed E-state index contributed by atoms with van der Waals surface area (Å²) in [5, 5.41) is 9.60. The number of hydrogen-bond donors (Lipinski definition) is 0. The maximum atomic E-state index is 12.5. The first-order chi connectivity index (χ1) is 12.2. The Kier molecular flexibility index (Phi) is 5.05. The number of hydrogen-bond acceptors (Lipinski definition) is 5. The summed E-state index contributed by atoms with van der Waals surface area (Å²) in [6, 6.07) is 13.0. The molecule has 0 bridgehead atoms. The Morgan fingerprint density at radius 2 is 2.00 bits per heavy atom. The second kappa shape index (κ2) is 7.41. The Hall–Kier alpha value is -2.78. The van der Waals surface area contributed by atoms with E-state index in [1.165, 1.54) is 11.8 Å². The lowest BCUT2D eigenvalue weighted by atomic mass is 10.1. The maximum Gasteiger partial charge on any atom is 0.266 e. The van der Waals surface area contributed by atoms with E-state index in [1.54, 1.807) is 23.1 Å². The Morgan fingerprint density at radius 3 is 2.64 bits per heavy atom. The first kappa shape index (κ1) is 17.1. The summed E-state index contributed by atoms with van der Waals surface area (Å²) in [4.78, 5) is 19.1. The van der Waals surface area contributed by atoms with Gasteiger partial charge >= 0.3 is 0 Å². The van der Waals surface area contributed by atoms with E-state index >= 15 is 0 Å². The number of aliphatic imine (C=N–C) groups is 1. The Morgan fingerprint density at radius 1 is 1.24 bits per heavy atom. The zero-order valence-corrected chi connectivity index (χ0v) is 14.8. The van der Waals surface area contributed by atoms with Crippen molar-refractivity contribution in [2.75, 3.05) is 13.1 Å². The van der Waals surface area contributed by atoms with Gasteiger partial charge in [-0.15, -0.1) is 0 Å². The van der Waals surface area contributed by atoms with Crippen LogP contribution in [-0.2, 0) is 4.79 Å². The van der Waals surface area contributed by atoms with E-state index in [0.29, 0.717) is 35.1 Å². The molecule has 3 rings (SSSR count). The largest absolute Gasteiger partial charge is 0.457 e. The number of amides is 1. The molecule has 0 atom stereocenters. The SMILES string of the molecule is CCN=C1S/C(=C\c2ccc(-c3ccc(C#N)cc3)o2)C(=O)N1CC. The van der Waals surface area contributed by atoms with E-state index in [2.05, 4.69) is 11.1 Å². The van der Waals surface area contributed by atoms with Crippen LogP contribution in [0.3, 0.4) is 0 Å². The molecule has 0 radical (unpaired) electrons. The van der Waals surface area contributed by atoms with Crippen LogP contribution in [0.1, 0.15) is 25.2 Å². The Bertz CT molecular complexity index is 888. The van der Waals surface area contributed by atoms with Crippen molar-refractivity contribution in [1.82, 2.24) is 4.90 Å². The van der Waals surface area contributed by atoms with E-state index in [-0.39, 0.29) is 5.91 Å². The van der Waals surface area contributed by atoms with Gasteiger partial charge < -0.3 is 4.42 Å². The van der Waals surface area contributed by atoms with Crippen LogP contribution in [-0.4, -0.2) is 29.1 Å². The lowest BCUT2D eigenvalue weighted by molar-refractivity contribution is -0.122. The van der Waals surface area contributed by atoms with E-state index in [0.717, 1.165) is 10.7 Å². The van der Waals surface area contributed by atoms with Crippen molar-refractivity contribution in [3.05, 3.63) is 52.6 Å². The molecule has 2 heterocycles. The molecule has 2 aromatic rings. The van der Waals surface area contributed by atoms with Gasteiger partial charge in [0.15, 0.2) is 5.17 Å². The lowest BCUT2D eigenvalue weighted by Crippen LogP contribution is -2.28. The number of likely N-dealkylation sites (N-methyl/N-ethyl adjacent to an activating group) is 1. The van der Waals surface area contributed by atoms with Gasteiger partial charge in [-0.2, -0.15) is 5.26 Å². The van der Waals surface area contributed by atoms with Crippen LogP contribution in [0.2, 0.25) is 0 Å². The standard InChI is InChI=1S/C19H17N3O2S/c1-3-21-19-22(4-2)18(23)17(25-19)11-15-9-10-16(24-15)14-7-5-13(12-20)6-8-14/h5-11H,3-4H2,1-2H3/b17-11-,21-19?. The van der Waals surface area contributed by atoms with Crippen molar-refractivity contribution in [3.63, 3.8) is 0 Å². The minimum Gasteiger partial charge on any atom is -0.457 e. The Balaban J connectivity index is 1.85. The summed E-state index contributed by atoms with van der Waals surface area (Å²) in [6.45, 7) is 5.12. The number of carbonyl (C=O) groups excluding carboxylic acids is 1. The molecule has 1 amide bonds. The molecule has 1 aliphatic heterocycles. The molecule has 1 aromatic carbocycles. The van der Waals surface area contributed by atoms with Crippen LogP contribution >= 0.6 is 11.8 Å².